The molecule has 0 aliphatic carbocycles. The summed E-state index contributed by atoms with van der Waals surface area (Å²) in [6.07, 6.45) is 0. The van der Waals surface area contributed by atoms with Crippen LogP contribution in [0.5, 0.6) is 0 Å². The Bertz CT molecular complexity index is 150. The second kappa shape index (κ2) is 5.33. The van der Waals surface area contributed by atoms with Crippen LogP contribution in [0.4, 0.5) is 0 Å². The first kappa shape index (κ1) is 9.53. The average molecular weight is 251 g/mol. The van der Waals surface area contributed by atoms with E-state index in [2.05, 4.69) is 0 Å². The van der Waals surface area contributed by atoms with Crippen LogP contribution < -0.4 is 0 Å². The molecule has 0 aliphatic rings. The average Bonchev–Trinajstić information content (AvgIpc) is 1.90. The van der Waals surface area contributed by atoms with Crippen LogP contribution in [0.2, 0.25) is 0 Å². The summed E-state index contributed by atoms with van der Waals surface area (Å²) in [5, 5.41) is 10.1. The summed E-state index contributed by atoms with van der Waals surface area (Å²) in [7, 11) is 0. The van der Waals surface area contributed by atoms with Gasteiger partial charge in [0.25, 0.3) is 0 Å². The predicted molar refractivity (Wildman–Crippen MR) is 30.8 cm³/mol. The molecule has 0 N–H and O–H groups in total. The largest absolute Gasteiger partial charge is 0.232 e. The number of rotatable bonds is 1. The van der Waals surface area contributed by atoms with E-state index in [4.69, 9.17) is 0 Å². The third-order valence-corrected chi connectivity index (χ3v) is 1.01. The van der Waals surface area contributed by atoms with Crippen LogP contribution in [-0.2, 0) is 11.7 Å². The van der Waals surface area contributed by atoms with Crippen molar-refractivity contribution in [2.75, 3.05) is 0 Å². The molecule has 0 aromatic heterocycles. The van der Waals surface area contributed by atoms with Crippen molar-refractivity contribution in [2.24, 2.45) is 0 Å². The zero-order valence-electron chi connectivity index (χ0n) is 5.00. The maximum Gasteiger partial charge on any atom is 0.107 e. The Labute approximate surface area is 87.6 Å². The van der Waals surface area contributed by atoms with Crippen LogP contribution in [-0.4, -0.2) is 0 Å². The summed E-state index contributed by atoms with van der Waals surface area (Å²) in [6.45, 7) is -0.110. The van der Waals surface area contributed by atoms with Gasteiger partial charge in [-0.2, -0.15) is 0 Å². The number of benzene rings is 1. The number of hydrogen-bond acceptors (Lipinski definition) is 0. The minimum absolute atomic E-state index is 0. The second-order valence-electron chi connectivity index (χ2n) is 1.63. The third kappa shape index (κ3) is 3.28. The van der Waals surface area contributed by atoms with Gasteiger partial charge >= 0.3 is 0 Å². The topological polar surface area (TPSA) is 19.9 Å². The fourth-order valence-electron chi connectivity index (χ4n) is 0.574. The molecule has 0 unspecified atom stereocenters. The maximum absolute atomic E-state index is 10.1. The molecule has 0 amide bonds. The zero-order valence-corrected chi connectivity index (χ0v) is 8.21. The van der Waals surface area contributed by atoms with Gasteiger partial charge in [0.2, 0.25) is 0 Å². The van der Waals surface area contributed by atoms with Gasteiger partial charge in [-0.3, -0.25) is 0 Å². The predicted octanol–water partition coefficient (Wildman–Crippen LogP) is 1.62. The fraction of sp³-hybridized carbons (Fsp3) is 0.143. The Balaban J connectivity index is 0.000000640. The first-order valence-electron chi connectivity index (χ1n) is 2.55. The quantitative estimate of drug-likeness (QED) is 0.723. The zero-order chi connectivity index (χ0) is 5.82. The Morgan fingerprint density at radius 1 is 1.11 bits per heavy atom. The standard InChI is InChI=1S/C7H7O.Nd/c8-6-7-4-2-1-3-5-7;/h1-5H,6H2;. The van der Waals surface area contributed by atoms with Gasteiger partial charge in [0, 0.05) is 40.8 Å². The van der Waals surface area contributed by atoms with E-state index >= 15 is 0 Å². The third-order valence-electron chi connectivity index (χ3n) is 1.01. The molecule has 0 bridgehead atoms. The molecule has 0 saturated heterocycles. The Morgan fingerprint density at radius 3 is 2.00 bits per heavy atom. The van der Waals surface area contributed by atoms with Gasteiger partial charge in [0.1, 0.15) is 6.61 Å². The van der Waals surface area contributed by atoms with Crippen LogP contribution >= 0.6 is 0 Å². The smallest absolute Gasteiger partial charge is 0.107 e. The van der Waals surface area contributed by atoms with E-state index in [9.17, 15) is 5.11 Å². The molecule has 1 aromatic carbocycles. The molecule has 1 nitrogen and oxygen atoms in total. The molecule has 0 saturated carbocycles. The van der Waals surface area contributed by atoms with E-state index in [0.29, 0.717) is 0 Å². The second-order valence-corrected chi connectivity index (χ2v) is 1.63. The van der Waals surface area contributed by atoms with Crippen molar-refractivity contribution in [3.8, 4) is 0 Å². The summed E-state index contributed by atoms with van der Waals surface area (Å²) >= 11 is 0. The fourth-order valence-corrected chi connectivity index (χ4v) is 0.574. The van der Waals surface area contributed by atoms with Crippen LogP contribution in [0, 0.1) is 40.8 Å². The van der Waals surface area contributed by atoms with Crippen LogP contribution in [0.25, 0.3) is 0 Å². The molecule has 2 heteroatoms. The maximum atomic E-state index is 10.1. The van der Waals surface area contributed by atoms with Gasteiger partial charge in [-0.05, 0) is 5.56 Å². The van der Waals surface area contributed by atoms with Gasteiger partial charge in [-0.25, -0.2) is 5.11 Å². The molecule has 1 aromatic rings. The van der Waals surface area contributed by atoms with Crippen molar-refractivity contribution in [3.05, 3.63) is 35.9 Å². The van der Waals surface area contributed by atoms with E-state index in [1.54, 1.807) is 0 Å². The molecular formula is C7H7NdO. The molecule has 0 aliphatic heterocycles. The van der Waals surface area contributed by atoms with E-state index in [1.165, 1.54) is 0 Å². The first-order chi connectivity index (χ1) is 3.93. The van der Waals surface area contributed by atoms with Crippen molar-refractivity contribution in [1.29, 1.82) is 0 Å². The SMILES string of the molecule is [Nd].[O]Cc1ccccc1. The van der Waals surface area contributed by atoms with Crippen LogP contribution in [0.15, 0.2) is 30.3 Å². The van der Waals surface area contributed by atoms with Gasteiger partial charge in [0.15, 0.2) is 0 Å². The van der Waals surface area contributed by atoms with Crippen molar-refractivity contribution in [3.63, 3.8) is 0 Å². The molecule has 9 heavy (non-hydrogen) atoms. The first-order valence-corrected chi connectivity index (χ1v) is 2.55. The minimum atomic E-state index is -0.110. The van der Waals surface area contributed by atoms with E-state index in [-0.39, 0.29) is 47.4 Å². The van der Waals surface area contributed by atoms with Gasteiger partial charge in [-0.15, -0.1) is 0 Å². The molecule has 0 spiro atoms. The normalized spacial score (nSPS) is 8.11. The van der Waals surface area contributed by atoms with Crippen molar-refractivity contribution >= 4 is 0 Å². The van der Waals surface area contributed by atoms with Crippen molar-refractivity contribution in [2.45, 2.75) is 6.61 Å². The molecule has 0 fully saturated rings. The summed E-state index contributed by atoms with van der Waals surface area (Å²) in [4.78, 5) is 0. The van der Waals surface area contributed by atoms with Gasteiger partial charge in [-0.1, -0.05) is 30.3 Å². The molecule has 1 rings (SSSR count). The Morgan fingerprint density at radius 2 is 1.67 bits per heavy atom. The Kier molecular flexibility index (Phi) is 5.64. The summed E-state index contributed by atoms with van der Waals surface area (Å²) in [5.74, 6) is 0. The van der Waals surface area contributed by atoms with E-state index in [1.807, 2.05) is 30.3 Å². The molecule has 45 valence electrons. The van der Waals surface area contributed by atoms with Gasteiger partial charge < -0.3 is 0 Å². The van der Waals surface area contributed by atoms with Gasteiger partial charge in [0.05, 0.1) is 0 Å². The molecule has 0 atom stereocenters. The molecule has 1 radical (unpaired) electrons. The van der Waals surface area contributed by atoms with E-state index in [0.717, 1.165) is 5.56 Å². The minimum Gasteiger partial charge on any atom is -0.232 e. The molecule has 0 heterocycles. The molecular weight excluding hydrogens is 244 g/mol. The summed E-state index contributed by atoms with van der Waals surface area (Å²) in [5.41, 5.74) is 0.854. The Hall–Kier alpha value is 0.531. The van der Waals surface area contributed by atoms with Crippen LogP contribution in [0.3, 0.4) is 0 Å². The van der Waals surface area contributed by atoms with Crippen LogP contribution in [0.1, 0.15) is 5.56 Å². The van der Waals surface area contributed by atoms with E-state index < -0.39 is 0 Å². The monoisotopic (exact) mass is 249 g/mol. The number of hydrogen-bond donors (Lipinski definition) is 0. The van der Waals surface area contributed by atoms with Crippen molar-refractivity contribution < 1.29 is 45.9 Å². The summed E-state index contributed by atoms with van der Waals surface area (Å²) in [6, 6.07) is 9.29. The summed E-state index contributed by atoms with van der Waals surface area (Å²) < 4.78 is 0. The van der Waals surface area contributed by atoms with Crippen molar-refractivity contribution in [1.82, 2.24) is 0 Å².